The van der Waals surface area contributed by atoms with Gasteiger partial charge < -0.3 is 0 Å². The quantitative estimate of drug-likeness (QED) is 0.354. The van der Waals surface area contributed by atoms with Crippen molar-refractivity contribution in [2.24, 2.45) is 10.2 Å². The van der Waals surface area contributed by atoms with Crippen molar-refractivity contribution >= 4 is 37.7 Å². The molecule has 0 fully saturated rings. The first-order chi connectivity index (χ1) is 9.95. The minimum absolute atomic E-state index is 0.134. The van der Waals surface area contributed by atoms with Gasteiger partial charge >= 0.3 is 0 Å². The second-order valence-electron chi connectivity index (χ2n) is 4.05. The van der Waals surface area contributed by atoms with Gasteiger partial charge in [0.05, 0.1) is 5.69 Å². The number of azide groups is 2. The summed E-state index contributed by atoms with van der Waals surface area (Å²) in [6.45, 7) is 0. The molecule has 0 saturated heterocycles. The van der Waals surface area contributed by atoms with Crippen LogP contribution in [-0.2, 0) is 14.6 Å². The van der Waals surface area contributed by atoms with E-state index in [1.807, 2.05) is 0 Å². The van der Waals surface area contributed by atoms with E-state index in [0.717, 1.165) is 6.07 Å². The maximum atomic E-state index is 11.9. The molecule has 0 amide bonds. The Balaban J connectivity index is 2.47. The molecule has 0 N–H and O–H groups in total. The highest BCUT2D eigenvalue weighted by Gasteiger charge is 2.56. The lowest BCUT2D eigenvalue weighted by Gasteiger charge is -2.10. The Kier molecular flexibility index (Phi) is 2.41. The third-order valence-electron chi connectivity index (χ3n) is 3.04. The van der Waals surface area contributed by atoms with Crippen LogP contribution in [0.4, 0.5) is 11.4 Å². The van der Waals surface area contributed by atoms with Crippen molar-refractivity contribution in [3.63, 3.8) is 0 Å². The number of hydrogen-bond acceptors (Lipinski definition) is 6. The first-order valence-corrected chi connectivity index (χ1v) is 6.79. The predicted molar refractivity (Wildman–Crippen MR) is 69.2 cm³/mol. The van der Waals surface area contributed by atoms with E-state index in [1.165, 1.54) is 6.07 Å². The van der Waals surface area contributed by atoms with Crippen LogP contribution in [0.3, 0.4) is 0 Å². The van der Waals surface area contributed by atoms with Gasteiger partial charge in [0.2, 0.25) is 21.4 Å². The molecule has 0 bridgehead atoms. The number of ketones is 2. The van der Waals surface area contributed by atoms with E-state index in [4.69, 9.17) is 11.1 Å². The highest BCUT2D eigenvalue weighted by Crippen LogP contribution is 2.54. The number of allylic oxidation sites excluding steroid dienone is 1. The molecule has 0 spiro atoms. The van der Waals surface area contributed by atoms with Crippen LogP contribution in [0.2, 0.25) is 0 Å². The molecular weight excluding hydrogens is 300 g/mol. The fraction of sp³-hybridized carbons (Fsp3) is 0. The van der Waals surface area contributed by atoms with Crippen molar-refractivity contribution in [1.82, 2.24) is 0 Å². The molecule has 11 heteroatoms. The number of nitrogens with zero attached hydrogens (tertiary/aromatic N) is 6. The SMILES string of the molecule is [N-]=[N+]=Nc1ccc2c(c1N=[N+]=[N-])C1=C(C(=O)C2=O)S1(=O)=O. The first kappa shape index (κ1) is 12.9. The van der Waals surface area contributed by atoms with Crippen molar-refractivity contribution in [2.75, 3.05) is 0 Å². The van der Waals surface area contributed by atoms with Crippen molar-refractivity contribution in [3.05, 3.63) is 49.1 Å². The molecule has 0 aromatic heterocycles. The van der Waals surface area contributed by atoms with Crippen LogP contribution >= 0.6 is 0 Å². The van der Waals surface area contributed by atoms with Gasteiger partial charge in [0, 0.05) is 26.6 Å². The minimum atomic E-state index is -3.96. The average Bonchev–Trinajstić information content (AvgIpc) is 3.01. The van der Waals surface area contributed by atoms with Crippen molar-refractivity contribution in [2.45, 2.75) is 0 Å². The molecule has 3 rings (SSSR count). The topological polar surface area (TPSA) is 166 Å². The fourth-order valence-electron chi connectivity index (χ4n) is 2.17. The molecule has 1 aliphatic heterocycles. The zero-order chi connectivity index (χ0) is 15.4. The van der Waals surface area contributed by atoms with Crippen molar-refractivity contribution in [3.8, 4) is 0 Å². The molecule has 0 radical (unpaired) electrons. The van der Waals surface area contributed by atoms with E-state index in [0.29, 0.717) is 0 Å². The molecule has 10 nitrogen and oxygen atoms in total. The molecule has 1 heterocycles. The Labute approximate surface area is 115 Å². The zero-order valence-corrected chi connectivity index (χ0v) is 10.7. The number of hydrogen-bond donors (Lipinski definition) is 0. The lowest BCUT2D eigenvalue weighted by molar-refractivity contribution is -0.111. The first-order valence-electron chi connectivity index (χ1n) is 5.31. The summed E-state index contributed by atoms with van der Waals surface area (Å²) in [5.41, 5.74) is 16.2. The number of carbonyl (C=O) groups is 2. The summed E-state index contributed by atoms with van der Waals surface area (Å²) >= 11 is 0. The summed E-state index contributed by atoms with van der Waals surface area (Å²) in [7, 11) is -3.96. The number of carbonyl (C=O) groups excluding carboxylic acids is 2. The van der Waals surface area contributed by atoms with Gasteiger partial charge in [-0.05, 0) is 17.1 Å². The van der Waals surface area contributed by atoms with Gasteiger partial charge in [0.25, 0.3) is 0 Å². The number of rotatable bonds is 2. The van der Waals surface area contributed by atoms with E-state index in [2.05, 4.69) is 20.1 Å². The standard InChI is InChI=1S/C10H2N6O4S/c11-15-13-4-2-1-3-5(6(4)14-16-12)9-10(21(9,19)20)8(18)7(3)17/h1-2H. The molecule has 0 atom stereocenters. The average molecular weight is 302 g/mol. The maximum Gasteiger partial charge on any atom is 0.246 e. The Morgan fingerprint density at radius 1 is 0.952 bits per heavy atom. The summed E-state index contributed by atoms with van der Waals surface area (Å²) in [4.78, 5) is 27.7. The van der Waals surface area contributed by atoms with Gasteiger partial charge in [-0.25, -0.2) is 8.42 Å². The van der Waals surface area contributed by atoms with Crippen LogP contribution in [0, 0.1) is 0 Å². The normalized spacial score (nSPS) is 17.3. The largest absolute Gasteiger partial charge is 0.285 e. The lowest BCUT2D eigenvalue weighted by Crippen LogP contribution is -2.16. The number of fused-ring (bicyclic) bond motifs is 2. The number of Topliss-reactive ketones (excluding diaryl/α,β-unsaturated/α-hetero) is 2. The molecule has 0 saturated carbocycles. The Hall–Kier alpha value is -3.13. The number of sulfone groups is 1. The van der Waals surface area contributed by atoms with Gasteiger partial charge in [0.1, 0.15) is 9.81 Å². The van der Waals surface area contributed by atoms with Crippen LogP contribution in [0.5, 0.6) is 0 Å². The molecule has 1 aromatic carbocycles. The second-order valence-corrected chi connectivity index (χ2v) is 5.88. The van der Waals surface area contributed by atoms with Crippen LogP contribution < -0.4 is 0 Å². The highest BCUT2D eigenvalue weighted by atomic mass is 32.2. The van der Waals surface area contributed by atoms with Crippen molar-refractivity contribution < 1.29 is 18.0 Å². The zero-order valence-electron chi connectivity index (χ0n) is 9.88. The van der Waals surface area contributed by atoms with E-state index < -0.39 is 26.3 Å². The number of benzene rings is 1. The Morgan fingerprint density at radius 2 is 1.62 bits per heavy atom. The van der Waals surface area contributed by atoms with E-state index in [-0.39, 0.29) is 27.4 Å². The van der Waals surface area contributed by atoms with E-state index >= 15 is 0 Å². The smallest absolute Gasteiger partial charge is 0.246 e. The summed E-state index contributed by atoms with van der Waals surface area (Å²) in [6.07, 6.45) is 0. The molecule has 21 heavy (non-hydrogen) atoms. The van der Waals surface area contributed by atoms with E-state index in [1.54, 1.807) is 0 Å². The molecule has 2 aliphatic rings. The lowest BCUT2D eigenvalue weighted by atomic mass is 9.93. The molecule has 1 aliphatic carbocycles. The third-order valence-corrected chi connectivity index (χ3v) is 4.71. The third kappa shape index (κ3) is 1.50. The minimum Gasteiger partial charge on any atom is -0.285 e. The monoisotopic (exact) mass is 302 g/mol. The van der Waals surface area contributed by atoms with Crippen molar-refractivity contribution in [1.29, 1.82) is 0 Å². The highest BCUT2D eigenvalue weighted by molar-refractivity contribution is 8.13. The van der Waals surface area contributed by atoms with Crippen LogP contribution in [0.1, 0.15) is 15.9 Å². The van der Waals surface area contributed by atoms with E-state index in [9.17, 15) is 18.0 Å². The molecule has 102 valence electrons. The Morgan fingerprint density at radius 3 is 2.24 bits per heavy atom. The van der Waals surface area contributed by atoms with Gasteiger partial charge in [-0.3, -0.25) is 9.59 Å². The maximum absolute atomic E-state index is 11.9. The second kappa shape index (κ2) is 3.93. The van der Waals surface area contributed by atoms with Gasteiger partial charge in [-0.1, -0.05) is 16.3 Å². The van der Waals surface area contributed by atoms with Gasteiger partial charge in [-0.15, -0.1) is 0 Å². The summed E-state index contributed by atoms with van der Waals surface area (Å²) in [5, 5.41) is 6.57. The van der Waals surface area contributed by atoms with Crippen LogP contribution in [0.15, 0.2) is 27.3 Å². The van der Waals surface area contributed by atoms with Crippen LogP contribution in [0.25, 0.3) is 25.8 Å². The summed E-state index contributed by atoms with van der Waals surface area (Å²) in [5.74, 6) is -2.12. The molecule has 1 aromatic rings. The van der Waals surface area contributed by atoms with Gasteiger partial charge in [-0.2, -0.15) is 0 Å². The van der Waals surface area contributed by atoms with Crippen LogP contribution in [-0.4, -0.2) is 20.0 Å². The predicted octanol–water partition coefficient (Wildman–Crippen LogP) is 2.43. The molecule has 0 unspecified atom stereocenters. The Bertz CT molecular complexity index is 993. The fourth-order valence-corrected chi connectivity index (χ4v) is 3.77. The van der Waals surface area contributed by atoms with Gasteiger partial charge in [0.15, 0.2) is 0 Å². The summed E-state index contributed by atoms with van der Waals surface area (Å²) in [6, 6.07) is 2.34. The summed E-state index contributed by atoms with van der Waals surface area (Å²) < 4.78 is 23.5. The molecular formula is C10H2N6O4S.